The molecule has 0 bridgehead atoms. The number of nitrogens with one attached hydrogen (secondary N) is 2. The molecule has 134 valence electrons. The van der Waals surface area contributed by atoms with Gasteiger partial charge in [0.05, 0.1) is 6.10 Å². The molecule has 1 aromatic carbocycles. The van der Waals surface area contributed by atoms with E-state index in [1.165, 1.54) is 11.1 Å². The van der Waals surface area contributed by atoms with E-state index in [-0.39, 0.29) is 29.4 Å². The summed E-state index contributed by atoms with van der Waals surface area (Å²) in [5, 5.41) is 7.07. The van der Waals surface area contributed by atoms with Crippen LogP contribution in [0.2, 0.25) is 0 Å². The molecule has 0 spiro atoms. The second-order valence-corrected chi connectivity index (χ2v) is 7.42. The Morgan fingerprint density at radius 2 is 2.00 bits per heavy atom. The number of hydrogen-bond acceptors (Lipinski definition) is 2. The molecule has 5 heteroatoms. The molecule has 0 amide bonds. The summed E-state index contributed by atoms with van der Waals surface area (Å²) in [5.74, 6) is 1.53. The number of aliphatic imine (C=N–C) groups is 1. The smallest absolute Gasteiger partial charge is 0.191 e. The molecule has 24 heavy (non-hydrogen) atoms. The Bertz CT molecular complexity index is 570. The maximum Gasteiger partial charge on any atom is 0.191 e. The van der Waals surface area contributed by atoms with Gasteiger partial charge in [-0.3, -0.25) is 4.99 Å². The number of nitrogens with zero attached hydrogens (tertiary/aromatic N) is 1. The molecule has 0 radical (unpaired) electrons. The Labute approximate surface area is 162 Å². The number of hydrogen-bond donors (Lipinski definition) is 2. The molecule has 2 aliphatic rings. The van der Waals surface area contributed by atoms with Crippen molar-refractivity contribution in [3.63, 3.8) is 0 Å². The van der Waals surface area contributed by atoms with Crippen LogP contribution in [-0.2, 0) is 11.2 Å². The first-order valence-electron chi connectivity index (χ1n) is 8.66. The summed E-state index contributed by atoms with van der Waals surface area (Å²) in [6.45, 7) is 8.48. The van der Waals surface area contributed by atoms with E-state index >= 15 is 0 Å². The van der Waals surface area contributed by atoms with Crippen molar-refractivity contribution in [2.45, 2.75) is 45.8 Å². The van der Waals surface area contributed by atoms with Gasteiger partial charge in [-0.25, -0.2) is 0 Å². The average Bonchev–Trinajstić information content (AvgIpc) is 2.99. The zero-order valence-electron chi connectivity index (χ0n) is 15.1. The number of ether oxygens (including phenoxy) is 1. The summed E-state index contributed by atoms with van der Waals surface area (Å²) in [5.41, 5.74) is 2.84. The second kappa shape index (κ2) is 8.04. The molecule has 1 aliphatic heterocycles. The van der Waals surface area contributed by atoms with E-state index in [1.54, 1.807) is 0 Å². The molecule has 2 N–H and O–H groups in total. The zero-order chi connectivity index (χ0) is 16.4. The monoisotopic (exact) mass is 443 g/mol. The molecule has 3 rings (SSSR count). The molecular formula is C19H30IN3O. The quantitative estimate of drug-likeness (QED) is 0.427. The summed E-state index contributed by atoms with van der Waals surface area (Å²) < 4.78 is 5.86. The van der Waals surface area contributed by atoms with Crippen molar-refractivity contribution >= 4 is 29.9 Å². The summed E-state index contributed by atoms with van der Waals surface area (Å²) in [6.07, 6.45) is 2.57. The van der Waals surface area contributed by atoms with Crippen LogP contribution in [0.5, 0.6) is 0 Å². The average molecular weight is 443 g/mol. The van der Waals surface area contributed by atoms with Gasteiger partial charge < -0.3 is 15.4 Å². The minimum Gasteiger partial charge on any atom is -0.377 e. The van der Waals surface area contributed by atoms with Gasteiger partial charge in [0.25, 0.3) is 0 Å². The molecule has 2 fully saturated rings. The Hall–Kier alpha value is -0.820. The fourth-order valence-corrected chi connectivity index (χ4v) is 4.04. The third kappa shape index (κ3) is 3.87. The topological polar surface area (TPSA) is 45.7 Å². The van der Waals surface area contributed by atoms with Gasteiger partial charge in [-0.15, -0.1) is 24.0 Å². The van der Waals surface area contributed by atoms with Gasteiger partial charge in [0, 0.05) is 37.6 Å². The first kappa shape index (κ1) is 19.5. The molecular weight excluding hydrogens is 413 g/mol. The largest absolute Gasteiger partial charge is 0.377 e. The van der Waals surface area contributed by atoms with E-state index in [2.05, 4.69) is 60.7 Å². The predicted octanol–water partition coefficient (Wildman–Crippen LogP) is 3.13. The Morgan fingerprint density at radius 1 is 1.29 bits per heavy atom. The SMILES string of the molecule is CN=C(NCCc1ccc(C)cc1)NC1C2CCOC2C1(C)C.I. The van der Waals surface area contributed by atoms with Crippen LogP contribution in [0.15, 0.2) is 29.3 Å². The second-order valence-electron chi connectivity index (χ2n) is 7.42. The van der Waals surface area contributed by atoms with Crippen molar-refractivity contribution in [1.82, 2.24) is 10.6 Å². The molecule has 4 nitrogen and oxygen atoms in total. The third-order valence-corrected chi connectivity index (χ3v) is 5.44. The number of benzene rings is 1. The predicted molar refractivity (Wildman–Crippen MR) is 110 cm³/mol. The molecule has 3 unspecified atom stereocenters. The molecule has 1 saturated carbocycles. The Balaban J connectivity index is 0.00000208. The van der Waals surface area contributed by atoms with Crippen LogP contribution in [0.1, 0.15) is 31.4 Å². The van der Waals surface area contributed by atoms with Gasteiger partial charge in [-0.1, -0.05) is 43.7 Å². The molecule has 1 heterocycles. The molecule has 1 saturated heterocycles. The lowest BCUT2D eigenvalue weighted by atomic mass is 9.57. The maximum absolute atomic E-state index is 5.86. The highest BCUT2D eigenvalue weighted by atomic mass is 127. The van der Waals surface area contributed by atoms with Gasteiger partial charge in [0.15, 0.2) is 5.96 Å². The van der Waals surface area contributed by atoms with Gasteiger partial charge >= 0.3 is 0 Å². The van der Waals surface area contributed by atoms with E-state index in [1.807, 2.05) is 7.05 Å². The van der Waals surface area contributed by atoms with Crippen LogP contribution in [-0.4, -0.2) is 38.3 Å². The van der Waals surface area contributed by atoms with E-state index in [0.29, 0.717) is 18.1 Å². The van der Waals surface area contributed by atoms with E-state index in [0.717, 1.165) is 32.0 Å². The Kier molecular flexibility index (Phi) is 6.53. The fourth-order valence-electron chi connectivity index (χ4n) is 4.04. The normalized spacial score (nSPS) is 27.7. The lowest BCUT2D eigenvalue weighted by Gasteiger charge is -2.54. The molecule has 1 aliphatic carbocycles. The maximum atomic E-state index is 5.86. The van der Waals surface area contributed by atoms with Crippen molar-refractivity contribution in [3.8, 4) is 0 Å². The summed E-state index contributed by atoms with van der Waals surface area (Å²) >= 11 is 0. The van der Waals surface area contributed by atoms with Crippen molar-refractivity contribution < 1.29 is 4.74 Å². The lowest BCUT2D eigenvalue weighted by molar-refractivity contribution is -0.106. The van der Waals surface area contributed by atoms with Crippen LogP contribution in [0.4, 0.5) is 0 Å². The van der Waals surface area contributed by atoms with Crippen LogP contribution >= 0.6 is 24.0 Å². The summed E-state index contributed by atoms with van der Waals surface area (Å²) in [4.78, 5) is 4.39. The first-order valence-corrected chi connectivity index (χ1v) is 8.66. The highest BCUT2D eigenvalue weighted by molar-refractivity contribution is 14.0. The highest BCUT2D eigenvalue weighted by Crippen LogP contribution is 2.52. The fraction of sp³-hybridized carbons (Fsp3) is 0.632. The first-order chi connectivity index (χ1) is 11.0. The number of halogens is 1. The van der Waals surface area contributed by atoms with Crippen LogP contribution in [0, 0.1) is 18.3 Å². The van der Waals surface area contributed by atoms with Gasteiger partial charge in [-0.2, -0.15) is 0 Å². The minimum atomic E-state index is 0. The lowest BCUT2D eigenvalue weighted by Crippen LogP contribution is -2.68. The Morgan fingerprint density at radius 3 is 2.67 bits per heavy atom. The zero-order valence-corrected chi connectivity index (χ0v) is 17.5. The van der Waals surface area contributed by atoms with Gasteiger partial charge in [-0.05, 0) is 25.3 Å². The van der Waals surface area contributed by atoms with E-state index in [9.17, 15) is 0 Å². The van der Waals surface area contributed by atoms with Crippen LogP contribution in [0.25, 0.3) is 0 Å². The number of guanidine groups is 1. The van der Waals surface area contributed by atoms with Crippen LogP contribution < -0.4 is 10.6 Å². The molecule has 0 aromatic heterocycles. The molecule has 3 atom stereocenters. The van der Waals surface area contributed by atoms with E-state index in [4.69, 9.17) is 4.74 Å². The molecule has 1 aromatic rings. The summed E-state index contributed by atoms with van der Waals surface area (Å²) in [6, 6.07) is 9.17. The van der Waals surface area contributed by atoms with Crippen molar-refractivity contribution in [2.24, 2.45) is 16.3 Å². The minimum absolute atomic E-state index is 0. The van der Waals surface area contributed by atoms with Gasteiger partial charge in [0.2, 0.25) is 0 Å². The van der Waals surface area contributed by atoms with Crippen molar-refractivity contribution in [1.29, 1.82) is 0 Å². The number of fused-ring (bicyclic) bond motifs is 1. The van der Waals surface area contributed by atoms with Crippen LogP contribution in [0.3, 0.4) is 0 Å². The van der Waals surface area contributed by atoms with E-state index < -0.39 is 0 Å². The van der Waals surface area contributed by atoms with Gasteiger partial charge in [0.1, 0.15) is 0 Å². The number of rotatable bonds is 4. The third-order valence-electron chi connectivity index (χ3n) is 5.44. The number of aryl methyl sites for hydroxylation is 1. The standard InChI is InChI=1S/C19H29N3O.HI/c1-13-5-7-14(8-6-13)9-11-21-18(20-4)22-16-15-10-12-23-17(15)19(16,2)3;/h5-8,15-17H,9-12H2,1-4H3,(H2,20,21,22);1H. The van der Waals surface area contributed by atoms with Crippen molar-refractivity contribution in [3.05, 3.63) is 35.4 Å². The highest BCUT2D eigenvalue weighted by Gasteiger charge is 2.59. The summed E-state index contributed by atoms with van der Waals surface area (Å²) in [7, 11) is 1.84. The van der Waals surface area contributed by atoms with Crippen molar-refractivity contribution in [2.75, 3.05) is 20.2 Å².